The minimum absolute atomic E-state index is 0.214. The number of rotatable bonds is 9. The van der Waals surface area contributed by atoms with E-state index in [-0.39, 0.29) is 35.4 Å². The Bertz CT molecular complexity index is 695. The predicted molar refractivity (Wildman–Crippen MR) is 166 cm³/mol. The molecule has 12 heteroatoms. The first kappa shape index (κ1) is 32.4. The Kier molecular flexibility index (Phi) is 12.1. The molecule has 5 nitrogen and oxygen atoms in total. The van der Waals surface area contributed by atoms with Crippen LogP contribution in [0.15, 0.2) is 0 Å². The third-order valence-corrected chi connectivity index (χ3v) is 21.1. The van der Waals surface area contributed by atoms with Gasteiger partial charge in [-0.3, -0.25) is 0 Å². The fourth-order valence-corrected chi connectivity index (χ4v) is 20.1. The zero-order valence-electron chi connectivity index (χ0n) is 23.8. The highest BCUT2D eigenvalue weighted by molar-refractivity contribution is 8.22. The van der Waals surface area contributed by atoms with E-state index >= 15 is 0 Å². The van der Waals surface area contributed by atoms with Gasteiger partial charge in [-0.1, -0.05) is 86.8 Å². The van der Waals surface area contributed by atoms with E-state index in [9.17, 15) is 0 Å². The molecule has 0 spiro atoms. The molecule has 35 heavy (non-hydrogen) atoms. The number of hydrogen-bond donors (Lipinski definition) is 0. The molecule has 0 saturated carbocycles. The van der Waals surface area contributed by atoms with E-state index in [1.165, 1.54) is 6.04 Å². The van der Waals surface area contributed by atoms with Gasteiger partial charge in [-0.15, -0.1) is 0 Å². The van der Waals surface area contributed by atoms with Crippen molar-refractivity contribution in [1.82, 2.24) is 0 Å². The first-order valence-electron chi connectivity index (χ1n) is 13.2. The summed E-state index contributed by atoms with van der Waals surface area (Å²) in [4.78, 5) is 0. The highest BCUT2D eigenvalue weighted by Gasteiger charge is 2.62. The average molecular weight is 596 g/mol. The lowest BCUT2D eigenvalue weighted by Crippen LogP contribution is -2.66. The maximum Gasteiger partial charge on any atom is 0.335 e. The van der Waals surface area contributed by atoms with Crippen molar-refractivity contribution in [2.75, 3.05) is 12.4 Å². The number of fused-ring (bicyclic) bond motifs is 1. The smallest absolute Gasteiger partial charge is 0.335 e. The van der Waals surface area contributed by atoms with E-state index in [0.717, 1.165) is 5.75 Å². The largest absolute Gasteiger partial charge is 0.470 e. The topological polar surface area (TPSA) is 46.2 Å². The lowest BCUT2D eigenvalue weighted by Gasteiger charge is -2.51. The summed E-state index contributed by atoms with van der Waals surface area (Å²) in [7, 11) is -3.76. The summed E-state index contributed by atoms with van der Waals surface area (Å²) in [5.74, 6) is 0.992. The molecule has 203 valence electrons. The molecule has 2 rings (SSSR count). The Morgan fingerprint density at radius 2 is 1.57 bits per heavy atom. The van der Waals surface area contributed by atoms with Gasteiger partial charge in [0.05, 0.1) is 12.6 Å². The molecule has 2 saturated heterocycles. The van der Waals surface area contributed by atoms with Crippen LogP contribution in [0.1, 0.15) is 55.4 Å². The van der Waals surface area contributed by atoms with E-state index in [2.05, 4.69) is 84.1 Å². The second-order valence-electron chi connectivity index (χ2n) is 12.4. The van der Waals surface area contributed by atoms with Gasteiger partial charge in [0.1, 0.15) is 18.3 Å². The molecule has 2 heterocycles. The summed E-state index contributed by atoms with van der Waals surface area (Å²) in [6.45, 7) is 27.5. The fraction of sp³-hybridized carbons (Fsp3) is 0.957. The molecule has 0 N–H and O–H groups in total. The van der Waals surface area contributed by atoms with Gasteiger partial charge in [-0.25, -0.2) is 0 Å². The van der Waals surface area contributed by atoms with Crippen molar-refractivity contribution in [3.8, 4) is 0 Å². The Morgan fingerprint density at radius 3 is 2.03 bits per heavy atom. The Labute approximate surface area is 231 Å². The Morgan fingerprint density at radius 1 is 1.03 bits per heavy atom. The first-order valence-corrected chi connectivity index (χ1v) is 22.9. The first-order chi connectivity index (χ1) is 16.1. The molecular formula is C23H49BO5PS2Si3. The molecule has 0 bridgehead atoms. The number of thiocarbonyl (C=S) groups is 1. The zero-order valence-corrected chi connectivity index (χ0v) is 29.5. The highest BCUT2D eigenvalue weighted by Crippen LogP contribution is 2.48. The average Bonchev–Trinajstić information content (AvgIpc) is 3.01. The van der Waals surface area contributed by atoms with E-state index in [4.69, 9.17) is 34.7 Å². The van der Waals surface area contributed by atoms with Gasteiger partial charge in [0.15, 0.2) is 7.00 Å². The third-order valence-electron chi connectivity index (χ3n) is 7.17. The molecule has 0 aromatic heterocycles. The lowest BCUT2D eigenvalue weighted by molar-refractivity contribution is -0.0305. The van der Waals surface area contributed by atoms with Gasteiger partial charge in [-0.05, 0) is 46.2 Å². The van der Waals surface area contributed by atoms with Crippen LogP contribution in [0.2, 0.25) is 47.8 Å². The van der Waals surface area contributed by atoms with Crippen molar-refractivity contribution in [3.05, 3.63) is 0 Å². The summed E-state index contributed by atoms with van der Waals surface area (Å²) in [5, 5.41) is 0. The summed E-state index contributed by atoms with van der Waals surface area (Å²) in [5.41, 5.74) is 1.12. The van der Waals surface area contributed by atoms with Crippen LogP contribution in [-0.2, 0) is 22.4 Å². The summed E-state index contributed by atoms with van der Waals surface area (Å²) < 4.78 is 34.9. The van der Waals surface area contributed by atoms with Crippen LogP contribution in [-0.4, -0.2) is 73.3 Å². The van der Waals surface area contributed by atoms with Crippen LogP contribution in [0.3, 0.4) is 0 Å². The summed E-state index contributed by atoms with van der Waals surface area (Å²) >= 11 is 7.32. The van der Waals surface area contributed by atoms with Crippen LogP contribution in [0, 0.1) is 0 Å². The minimum atomic E-state index is -2.74. The van der Waals surface area contributed by atoms with E-state index in [1.54, 1.807) is 11.8 Å². The van der Waals surface area contributed by atoms with Crippen LogP contribution >= 0.6 is 33.1 Å². The maximum absolute atomic E-state index is 7.32. The van der Waals surface area contributed by atoms with Gasteiger partial charge < -0.3 is 22.4 Å². The van der Waals surface area contributed by atoms with Crippen LogP contribution in [0.25, 0.3) is 0 Å². The third kappa shape index (κ3) is 7.67. The van der Waals surface area contributed by atoms with Crippen molar-refractivity contribution in [2.45, 2.75) is 128 Å². The van der Waals surface area contributed by atoms with Crippen molar-refractivity contribution >= 4 is 69.7 Å². The molecule has 0 aromatic carbocycles. The Balaban J connectivity index is 2.39. The minimum Gasteiger partial charge on any atom is -0.470 e. The monoisotopic (exact) mass is 595 g/mol. The molecule has 0 aliphatic carbocycles. The molecule has 0 amide bonds. The second-order valence-corrected chi connectivity index (χ2v) is 28.9. The van der Waals surface area contributed by atoms with Gasteiger partial charge in [0.25, 0.3) is 0 Å². The molecule has 2 aliphatic heterocycles. The summed E-state index contributed by atoms with van der Waals surface area (Å²) in [6.07, 6.45) is -0.808. The van der Waals surface area contributed by atoms with Gasteiger partial charge in [0.2, 0.25) is 4.38 Å². The quantitative estimate of drug-likeness (QED) is 0.163. The Hall–Kier alpha value is 1.23. The van der Waals surface area contributed by atoms with Crippen molar-refractivity contribution in [3.63, 3.8) is 0 Å². The summed E-state index contributed by atoms with van der Waals surface area (Å²) in [6, 6.07) is 0.979. The van der Waals surface area contributed by atoms with Crippen molar-refractivity contribution < 1.29 is 22.4 Å². The molecule has 1 radical (unpaired) electrons. The van der Waals surface area contributed by atoms with Crippen LogP contribution < -0.4 is 0 Å². The molecule has 2 fully saturated rings. The standard InChI is InChI=1S/C23H49BO5PS2Si3/c1-15(2)34(16(3)4)25-14-19-20(28-35(29-34,17(5)6)18(7)8)21(22(24-30)26-19)27-23(31)32-12-13-33(9,10)11/h15-22H,12-14,30H2,1-11H3/t19-,20-,21?,22+/m0/s1. The molecule has 5 atom stereocenters. The number of ether oxygens (including phenoxy) is 2. The van der Waals surface area contributed by atoms with Crippen molar-refractivity contribution in [1.29, 1.82) is 0 Å². The lowest BCUT2D eigenvalue weighted by atomic mass is 9.91. The van der Waals surface area contributed by atoms with Crippen molar-refractivity contribution in [2.24, 2.45) is 0 Å². The predicted octanol–water partition coefficient (Wildman–Crippen LogP) is 6.90. The highest BCUT2D eigenvalue weighted by atomic mass is 32.2. The number of hydrogen-bond acceptors (Lipinski definition) is 7. The molecule has 2 aliphatic rings. The van der Waals surface area contributed by atoms with Crippen LogP contribution in [0.5, 0.6) is 0 Å². The van der Waals surface area contributed by atoms with Gasteiger partial charge >= 0.3 is 17.1 Å². The molecule has 0 aromatic rings. The van der Waals surface area contributed by atoms with E-state index < -0.39 is 25.2 Å². The molecular weight excluding hydrogens is 546 g/mol. The van der Waals surface area contributed by atoms with Gasteiger partial charge in [0, 0.05) is 8.07 Å². The molecule has 2 unspecified atom stereocenters. The second kappa shape index (κ2) is 13.1. The van der Waals surface area contributed by atoms with E-state index in [1.807, 2.05) is 7.00 Å². The SMILES string of the molecule is CC(C)[Si]1(C(C)C)OC[C@@H]2O[C@@H]([B]P)C(OC(=S)SCC[Si](C)(C)C)[C@H]2O[Si](C(C)C)(C(C)C)O1. The maximum atomic E-state index is 7.32. The normalized spacial score (nSPS) is 28.8. The zero-order chi connectivity index (χ0) is 26.8. The number of thioether (sulfide) groups is 1. The fourth-order valence-electron chi connectivity index (χ4n) is 5.05. The van der Waals surface area contributed by atoms with Crippen LogP contribution in [0.4, 0.5) is 0 Å². The van der Waals surface area contributed by atoms with Gasteiger partial charge in [-0.2, -0.15) is 9.12 Å². The van der Waals surface area contributed by atoms with E-state index in [0.29, 0.717) is 22.1 Å².